The van der Waals surface area contributed by atoms with Crippen LogP contribution in [0.25, 0.3) is 22.2 Å². The molecule has 0 radical (unpaired) electrons. The van der Waals surface area contributed by atoms with Gasteiger partial charge in [0.1, 0.15) is 5.69 Å². The summed E-state index contributed by atoms with van der Waals surface area (Å²) < 4.78 is 3.48. The number of nitriles is 1. The number of fused-ring (bicyclic) bond motifs is 1. The molecule has 2 heterocycles. The van der Waals surface area contributed by atoms with Crippen molar-refractivity contribution in [3.05, 3.63) is 77.8 Å². The second-order valence-electron chi connectivity index (χ2n) is 7.23. The third kappa shape index (κ3) is 3.25. The van der Waals surface area contributed by atoms with Gasteiger partial charge in [0.2, 0.25) is 0 Å². The highest BCUT2D eigenvalue weighted by Gasteiger charge is 2.19. The van der Waals surface area contributed by atoms with Crippen LogP contribution in [-0.2, 0) is 7.05 Å². The molecule has 2 aromatic carbocycles. The van der Waals surface area contributed by atoms with Gasteiger partial charge in [-0.2, -0.15) is 15.5 Å². The zero-order valence-corrected chi connectivity index (χ0v) is 17.0. The first-order valence-electron chi connectivity index (χ1n) is 9.37. The number of allylic oxidation sites excluding steroid dienone is 1. The molecule has 0 aliphatic rings. The normalized spacial score (nSPS) is 10.7. The summed E-state index contributed by atoms with van der Waals surface area (Å²) in [5.41, 5.74) is 5.24. The summed E-state index contributed by atoms with van der Waals surface area (Å²) in [5.74, 6) is -0.283. The molecule has 0 bridgehead atoms. The molecule has 0 saturated heterocycles. The largest absolute Gasteiger partial charge is 0.322 e. The number of amides is 1. The first kappa shape index (κ1) is 19.2. The van der Waals surface area contributed by atoms with Gasteiger partial charge in [-0.25, -0.2) is 4.68 Å². The van der Waals surface area contributed by atoms with Crippen LogP contribution in [0.1, 0.15) is 34.0 Å². The van der Waals surface area contributed by atoms with E-state index in [1.165, 1.54) is 0 Å². The molecule has 0 fully saturated rings. The lowest BCUT2D eigenvalue weighted by atomic mass is 9.92. The number of aryl methyl sites for hydroxylation is 2. The van der Waals surface area contributed by atoms with E-state index in [1.54, 1.807) is 40.8 Å². The fraction of sp³-hybridized carbons (Fsp3) is 0.130. The standard InChI is InChI=1S/C23H20N6O/c1-14(2)21-16(10-24)6-5-15(3)22(21)23(30)27-18-8-7-17-11-26-29(20(17)9-18)19-12-25-28(4)13-19/h5-9,11-13H,1H2,2-4H3,(H,27,30). The third-order valence-corrected chi connectivity index (χ3v) is 4.95. The maximum Gasteiger partial charge on any atom is 0.256 e. The molecule has 1 amide bonds. The zero-order chi connectivity index (χ0) is 21.4. The van der Waals surface area contributed by atoms with Crippen molar-refractivity contribution < 1.29 is 4.79 Å². The lowest BCUT2D eigenvalue weighted by Gasteiger charge is -2.14. The number of nitrogens with zero attached hydrogens (tertiary/aromatic N) is 5. The van der Waals surface area contributed by atoms with Crippen LogP contribution in [0.5, 0.6) is 0 Å². The quantitative estimate of drug-likeness (QED) is 0.559. The van der Waals surface area contributed by atoms with E-state index in [9.17, 15) is 10.1 Å². The molecular formula is C23H20N6O. The Morgan fingerprint density at radius 3 is 2.63 bits per heavy atom. The van der Waals surface area contributed by atoms with Gasteiger partial charge in [0.15, 0.2) is 0 Å². The van der Waals surface area contributed by atoms with Crippen LogP contribution in [-0.4, -0.2) is 25.5 Å². The van der Waals surface area contributed by atoms with Crippen molar-refractivity contribution >= 4 is 28.1 Å². The summed E-state index contributed by atoms with van der Waals surface area (Å²) in [6, 6.07) is 11.3. The molecule has 1 N–H and O–H groups in total. The van der Waals surface area contributed by atoms with E-state index in [0.717, 1.165) is 22.2 Å². The molecular weight excluding hydrogens is 376 g/mol. The minimum absolute atomic E-state index is 0.283. The maximum absolute atomic E-state index is 13.2. The SMILES string of the molecule is C=C(C)c1c(C#N)ccc(C)c1C(=O)Nc1ccc2cnn(-c3cnn(C)c3)c2c1. The first-order valence-corrected chi connectivity index (χ1v) is 9.37. The summed E-state index contributed by atoms with van der Waals surface area (Å²) >= 11 is 0. The number of hydrogen-bond donors (Lipinski definition) is 1. The van der Waals surface area contributed by atoms with Gasteiger partial charge in [0.25, 0.3) is 5.91 Å². The highest BCUT2D eigenvalue weighted by atomic mass is 16.1. The second-order valence-corrected chi connectivity index (χ2v) is 7.23. The summed E-state index contributed by atoms with van der Waals surface area (Å²) in [7, 11) is 1.84. The van der Waals surface area contributed by atoms with E-state index in [1.807, 2.05) is 38.4 Å². The fourth-order valence-corrected chi connectivity index (χ4v) is 3.55. The number of aromatic nitrogens is 4. The van der Waals surface area contributed by atoms with Crippen LogP contribution in [0.3, 0.4) is 0 Å². The number of anilines is 1. The number of benzene rings is 2. The number of carbonyl (C=O) groups is 1. The molecule has 0 aliphatic heterocycles. The molecule has 2 aromatic heterocycles. The molecule has 4 rings (SSSR count). The number of rotatable bonds is 4. The van der Waals surface area contributed by atoms with Crippen LogP contribution in [0, 0.1) is 18.3 Å². The molecule has 0 spiro atoms. The van der Waals surface area contributed by atoms with Crippen molar-refractivity contribution in [3.8, 4) is 11.8 Å². The van der Waals surface area contributed by atoms with E-state index in [4.69, 9.17) is 0 Å². The fourth-order valence-electron chi connectivity index (χ4n) is 3.55. The Balaban J connectivity index is 1.74. The topological polar surface area (TPSA) is 88.5 Å². The summed E-state index contributed by atoms with van der Waals surface area (Å²) in [4.78, 5) is 13.2. The van der Waals surface area contributed by atoms with Gasteiger partial charge in [-0.1, -0.05) is 12.6 Å². The van der Waals surface area contributed by atoms with E-state index >= 15 is 0 Å². The van der Waals surface area contributed by atoms with Crippen molar-refractivity contribution in [1.82, 2.24) is 19.6 Å². The molecule has 148 valence electrons. The zero-order valence-electron chi connectivity index (χ0n) is 17.0. The Kier molecular flexibility index (Phi) is 4.68. The van der Waals surface area contributed by atoms with E-state index in [0.29, 0.717) is 28.0 Å². The number of carbonyl (C=O) groups excluding carboxylic acids is 1. The number of nitrogens with one attached hydrogen (secondary N) is 1. The highest BCUT2D eigenvalue weighted by molar-refractivity contribution is 6.09. The third-order valence-electron chi connectivity index (χ3n) is 4.95. The Labute approximate surface area is 173 Å². The van der Waals surface area contributed by atoms with Gasteiger partial charge in [-0.15, -0.1) is 0 Å². The molecule has 30 heavy (non-hydrogen) atoms. The van der Waals surface area contributed by atoms with Crippen LogP contribution in [0.15, 0.2) is 55.5 Å². The number of hydrogen-bond acceptors (Lipinski definition) is 4. The maximum atomic E-state index is 13.2. The molecule has 7 nitrogen and oxygen atoms in total. The lowest BCUT2D eigenvalue weighted by Crippen LogP contribution is -2.16. The van der Waals surface area contributed by atoms with Crippen molar-refractivity contribution in [2.45, 2.75) is 13.8 Å². The Hall–Kier alpha value is -4.18. The van der Waals surface area contributed by atoms with Gasteiger partial charge in [0.05, 0.1) is 41.3 Å². The van der Waals surface area contributed by atoms with Crippen molar-refractivity contribution in [3.63, 3.8) is 0 Å². The van der Waals surface area contributed by atoms with Crippen LogP contribution >= 0.6 is 0 Å². The predicted octanol–water partition coefficient (Wildman–Crippen LogP) is 4.22. The molecule has 7 heteroatoms. The van der Waals surface area contributed by atoms with Gasteiger partial charge in [0, 0.05) is 23.7 Å². The summed E-state index contributed by atoms with van der Waals surface area (Å²) in [6.45, 7) is 7.60. The average Bonchev–Trinajstić information content (AvgIpc) is 3.33. The van der Waals surface area contributed by atoms with Gasteiger partial charge < -0.3 is 5.32 Å². The minimum atomic E-state index is -0.283. The summed E-state index contributed by atoms with van der Waals surface area (Å²) in [6.07, 6.45) is 5.37. The Bertz CT molecular complexity index is 1350. The smallest absolute Gasteiger partial charge is 0.256 e. The van der Waals surface area contributed by atoms with Crippen molar-refractivity contribution in [2.75, 3.05) is 5.32 Å². The van der Waals surface area contributed by atoms with Gasteiger partial charge >= 0.3 is 0 Å². The molecule has 0 aliphatic carbocycles. The van der Waals surface area contributed by atoms with E-state index in [-0.39, 0.29) is 5.91 Å². The first-order chi connectivity index (χ1) is 14.4. The Morgan fingerprint density at radius 1 is 1.17 bits per heavy atom. The van der Waals surface area contributed by atoms with Crippen molar-refractivity contribution in [1.29, 1.82) is 5.26 Å². The molecule has 0 saturated carbocycles. The Morgan fingerprint density at radius 2 is 1.97 bits per heavy atom. The average molecular weight is 396 g/mol. The lowest BCUT2D eigenvalue weighted by molar-refractivity contribution is 0.102. The summed E-state index contributed by atoms with van der Waals surface area (Å²) in [5, 5.41) is 22.0. The highest BCUT2D eigenvalue weighted by Crippen LogP contribution is 2.27. The van der Waals surface area contributed by atoms with Crippen LogP contribution in [0.2, 0.25) is 0 Å². The molecule has 0 unspecified atom stereocenters. The van der Waals surface area contributed by atoms with Crippen molar-refractivity contribution in [2.24, 2.45) is 7.05 Å². The second kappa shape index (κ2) is 7.33. The van der Waals surface area contributed by atoms with Crippen LogP contribution < -0.4 is 5.32 Å². The van der Waals surface area contributed by atoms with E-state index in [2.05, 4.69) is 28.2 Å². The van der Waals surface area contributed by atoms with E-state index < -0.39 is 0 Å². The minimum Gasteiger partial charge on any atom is -0.322 e. The monoisotopic (exact) mass is 396 g/mol. The van der Waals surface area contributed by atoms with Gasteiger partial charge in [-0.05, 0) is 49.2 Å². The van der Waals surface area contributed by atoms with Crippen LogP contribution in [0.4, 0.5) is 5.69 Å². The van der Waals surface area contributed by atoms with Gasteiger partial charge in [-0.3, -0.25) is 9.48 Å². The molecule has 0 atom stereocenters. The predicted molar refractivity (Wildman–Crippen MR) is 116 cm³/mol. The molecule has 4 aromatic rings.